The largest absolute Gasteiger partial charge is 0.388 e. The van der Waals surface area contributed by atoms with Crippen LogP contribution in [0, 0.1) is 20.8 Å². The first-order valence-electron chi connectivity index (χ1n) is 6.51. The molecule has 0 fully saturated rings. The Morgan fingerprint density at radius 2 is 1.68 bits per heavy atom. The van der Waals surface area contributed by atoms with Gasteiger partial charge < -0.3 is 5.11 Å². The maximum absolute atomic E-state index is 10.3. The molecule has 0 aromatic heterocycles. The molecule has 0 saturated carbocycles. The van der Waals surface area contributed by atoms with Crippen molar-refractivity contribution < 1.29 is 5.11 Å². The first-order chi connectivity index (χ1) is 9.08. The van der Waals surface area contributed by atoms with Crippen LogP contribution in [0.3, 0.4) is 0 Å². The van der Waals surface area contributed by atoms with Gasteiger partial charge in [-0.3, -0.25) is 0 Å². The highest BCUT2D eigenvalue weighted by atomic mass is 32.2. The molecule has 1 atom stereocenters. The molecule has 0 amide bonds. The second-order valence-electron chi connectivity index (χ2n) is 4.93. The fraction of sp³-hybridized carbons (Fsp3) is 0.294. The van der Waals surface area contributed by atoms with Crippen molar-refractivity contribution in [2.45, 2.75) is 31.8 Å². The maximum atomic E-state index is 10.3. The van der Waals surface area contributed by atoms with Gasteiger partial charge in [0.25, 0.3) is 0 Å². The fourth-order valence-electron chi connectivity index (χ4n) is 2.03. The van der Waals surface area contributed by atoms with Crippen molar-refractivity contribution in [3.05, 3.63) is 64.7 Å². The summed E-state index contributed by atoms with van der Waals surface area (Å²) >= 11 is 1.70. The quantitative estimate of drug-likeness (QED) is 0.830. The van der Waals surface area contributed by atoms with Crippen LogP contribution in [0.15, 0.2) is 47.4 Å². The summed E-state index contributed by atoms with van der Waals surface area (Å²) in [7, 11) is 0. The lowest BCUT2D eigenvalue weighted by Crippen LogP contribution is -2.03. The van der Waals surface area contributed by atoms with Crippen LogP contribution >= 0.6 is 11.8 Å². The van der Waals surface area contributed by atoms with E-state index in [2.05, 4.69) is 51.1 Å². The summed E-state index contributed by atoms with van der Waals surface area (Å²) in [5.41, 5.74) is 4.73. The van der Waals surface area contributed by atoms with Crippen molar-refractivity contribution in [2.24, 2.45) is 0 Å². The predicted octanol–water partition coefficient (Wildman–Crippen LogP) is 4.44. The highest BCUT2D eigenvalue weighted by Gasteiger charge is 2.11. The number of hydrogen-bond acceptors (Lipinski definition) is 2. The van der Waals surface area contributed by atoms with Gasteiger partial charge in [-0.1, -0.05) is 35.9 Å². The van der Waals surface area contributed by atoms with Crippen LogP contribution in [0.4, 0.5) is 0 Å². The van der Waals surface area contributed by atoms with Crippen molar-refractivity contribution in [3.63, 3.8) is 0 Å². The second kappa shape index (κ2) is 6.27. The normalized spacial score (nSPS) is 12.4. The minimum absolute atomic E-state index is 0.411. The zero-order valence-corrected chi connectivity index (χ0v) is 12.5. The van der Waals surface area contributed by atoms with Crippen molar-refractivity contribution >= 4 is 11.8 Å². The van der Waals surface area contributed by atoms with E-state index in [1.165, 1.54) is 21.6 Å². The Morgan fingerprint density at radius 3 is 2.37 bits per heavy atom. The van der Waals surface area contributed by atoms with E-state index >= 15 is 0 Å². The number of aliphatic hydroxyl groups is 1. The first kappa shape index (κ1) is 14.2. The number of aliphatic hydroxyl groups excluding tert-OH is 1. The van der Waals surface area contributed by atoms with E-state index in [1.807, 2.05) is 12.1 Å². The molecule has 2 heteroatoms. The van der Waals surface area contributed by atoms with E-state index < -0.39 is 6.10 Å². The summed E-state index contributed by atoms with van der Waals surface area (Å²) in [6.45, 7) is 6.24. The molecule has 0 spiro atoms. The number of thioether (sulfide) groups is 1. The van der Waals surface area contributed by atoms with Gasteiger partial charge in [-0.05, 0) is 49.6 Å². The van der Waals surface area contributed by atoms with Gasteiger partial charge in [0.2, 0.25) is 0 Å². The maximum Gasteiger partial charge on any atom is 0.0886 e. The molecule has 2 rings (SSSR count). The van der Waals surface area contributed by atoms with Gasteiger partial charge in [-0.25, -0.2) is 0 Å². The Hall–Kier alpha value is -1.25. The molecule has 0 saturated heterocycles. The lowest BCUT2D eigenvalue weighted by atomic mass is 10.0. The minimum Gasteiger partial charge on any atom is -0.388 e. The van der Waals surface area contributed by atoms with Gasteiger partial charge in [0, 0.05) is 10.6 Å². The van der Waals surface area contributed by atoms with Crippen LogP contribution in [0.25, 0.3) is 0 Å². The average Bonchev–Trinajstić information content (AvgIpc) is 2.41. The van der Waals surface area contributed by atoms with Gasteiger partial charge in [0.1, 0.15) is 0 Å². The number of benzene rings is 2. The Balaban J connectivity index is 2.03. The van der Waals surface area contributed by atoms with E-state index in [-0.39, 0.29) is 0 Å². The minimum atomic E-state index is -0.411. The smallest absolute Gasteiger partial charge is 0.0886 e. The summed E-state index contributed by atoms with van der Waals surface area (Å²) in [5.74, 6) is 0.688. The summed E-state index contributed by atoms with van der Waals surface area (Å²) in [6, 6.07) is 14.5. The Kier molecular flexibility index (Phi) is 4.67. The van der Waals surface area contributed by atoms with E-state index in [4.69, 9.17) is 0 Å². The lowest BCUT2D eigenvalue weighted by Gasteiger charge is -2.15. The molecule has 0 radical (unpaired) electrons. The standard InChI is InChI=1S/C17H20OS/c1-12-7-9-15(10-8-12)19-11-17(18)16-6-4-5-13(2)14(16)3/h4-10,17-18H,11H2,1-3H3. The SMILES string of the molecule is Cc1ccc(SCC(O)c2cccc(C)c2C)cc1. The van der Waals surface area contributed by atoms with E-state index in [1.54, 1.807) is 11.8 Å². The molecule has 0 aliphatic rings. The zero-order chi connectivity index (χ0) is 13.8. The molecule has 1 unspecified atom stereocenters. The molecule has 1 N–H and O–H groups in total. The van der Waals surface area contributed by atoms with E-state index in [0.29, 0.717) is 5.75 Å². The van der Waals surface area contributed by atoms with Crippen molar-refractivity contribution in [2.75, 3.05) is 5.75 Å². The Bertz CT molecular complexity index is 546. The third-order valence-electron chi connectivity index (χ3n) is 3.43. The highest BCUT2D eigenvalue weighted by Crippen LogP contribution is 2.27. The predicted molar refractivity (Wildman–Crippen MR) is 82.8 cm³/mol. The number of rotatable bonds is 4. The van der Waals surface area contributed by atoms with Gasteiger partial charge >= 0.3 is 0 Å². The van der Waals surface area contributed by atoms with Crippen molar-refractivity contribution in [1.29, 1.82) is 0 Å². The first-order valence-corrected chi connectivity index (χ1v) is 7.50. The summed E-state index contributed by atoms with van der Waals surface area (Å²) in [5, 5.41) is 10.3. The van der Waals surface area contributed by atoms with E-state index in [0.717, 1.165) is 5.56 Å². The van der Waals surface area contributed by atoms with Gasteiger partial charge in [-0.15, -0.1) is 11.8 Å². The molecule has 1 nitrogen and oxygen atoms in total. The second-order valence-corrected chi connectivity index (χ2v) is 6.02. The molecule has 0 aliphatic heterocycles. The zero-order valence-electron chi connectivity index (χ0n) is 11.7. The van der Waals surface area contributed by atoms with Crippen LogP contribution in [-0.2, 0) is 0 Å². The molecular weight excluding hydrogens is 252 g/mol. The van der Waals surface area contributed by atoms with Crippen LogP contribution in [-0.4, -0.2) is 10.9 Å². The van der Waals surface area contributed by atoms with Crippen LogP contribution in [0.5, 0.6) is 0 Å². The monoisotopic (exact) mass is 272 g/mol. The van der Waals surface area contributed by atoms with Gasteiger partial charge in [-0.2, -0.15) is 0 Å². The fourth-order valence-corrected chi connectivity index (χ4v) is 2.89. The summed E-state index contributed by atoms with van der Waals surface area (Å²) in [6.07, 6.45) is -0.411. The molecular formula is C17H20OS. The summed E-state index contributed by atoms with van der Waals surface area (Å²) < 4.78 is 0. The molecule has 2 aromatic rings. The molecule has 100 valence electrons. The molecule has 2 aromatic carbocycles. The van der Waals surface area contributed by atoms with Crippen LogP contribution < -0.4 is 0 Å². The van der Waals surface area contributed by atoms with Crippen molar-refractivity contribution in [1.82, 2.24) is 0 Å². The molecule has 0 aliphatic carbocycles. The van der Waals surface area contributed by atoms with Crippen LogP contribution in [0.2, 0.25) is 0 Å². The topological polar surface area (TPSA) is 20.2 Å². The van der Waals surface area contributed by atoms with Crippen LogP contribution in [0.1, 0.15) is 28.4 Å². The molecule has 19 heavy (non-hydrogen) atoms. The third kappa shape index (κ3) is 3.62. The lowest BCUT2D eigenvalue weighted by molar-refractivity contribution is 0.203. The van der Waals surface area contributed by atoms with E-state index in [9.17, 15) is 5.11 Å². The summed E-state index contributed by atoms with van der Waals surface area (Å²) in [4.78, 5) is 1.20. The number of hydrogen-bond donors (Lipinski definition) is 1. The average molecular weight is 272 g/mol. The number of aryl methyl sites for hydroxylation is 2. The highest BCUT2D eigenvalue weighted by molar-refractivity contribution is 7.99. The third-order valence-corrected chi connectivity index (χ3v) is 4.52. The van der Waals surface area contributed by atoms with Crippen molar-refractivity contribution in [3.8, 4) is 0 Å². The Labute approximate surface area is 119 Å². The van der Waals surface area contributed by atoms with Gasteiger partial charge in [0.15, 0.2) is 0 Å². The van der Waals surface area contributed by atoms with Gasteiger partial charge in [0.05, 0.1) is 6.10 Å². The molecule has 0 heterocycles. The Morgan fingerprint density at radius 1 is 1.00 bits per heavy atom. The molecule has 0 bridgehead atoms.